The predicted molar refractivity (Wildman–Crippen MR) is 73.6 cm³/mol. The van der Waals surface area contributed by atoms with Crippen molar-refractivity contribution in [3.05, 3.63) is 21.9 Å². The van der Waals surface area contributed by atoms with E-state index in [0.29, 0.717) is 6.04 Å². The third-order valence-corrected chi connectivity index (χ3v) is 4.07. The maximum absolute atomic E-state index is 8.67. The van der Waals surface area contributed by atoms with Crippen molar-refractivity contribution in [3.8, 4) is 11.8 Å². The molecule has 1 aromatic heterocycles. The Hall–Kier alpha value is -0.860. The molecule has 0 bridgehead atoms. The van der Waals surface area contributed by atoms with Gasteiger partial charge >= 0.3 is 0 Å². The third kappa shape index (κ3) is 3.56. The number of aliphatic hydroxyl groups excluding tert-OH is 1. The van der Waals surface area contributed by atoms with Gasteiger partial charge in [-0.1, -0.05) is 18.8 Å². The molecule has 18 heavy (non-hydrogen) atoms. The summed E-state index contributed by atoms with van der Waals surface area (Å²) >= 11 is 1.74. The van der Waals surface area contributed by atoms with Crippen molar-refractivity contribution in [2.24, 2.45) is 0 Å². The van der Waals surface area contributed by atoms with Crippen LogP contribution in [0.15, 0.2) is 11.4 Å². The van der Waals surface area contributed by atoms with Gasteiger partial charge in [0.2, 0.25) is 0 Å². The number of morpholine rings is 1. The van der Waals surface area contributed by atoms with E-state index in [-0.39, 0.29) is 6.61 Å². The zero-order valence-electron chi connectivity index (χ0n) is 10.7. The van der Waals surface area contributed by atoms with Crippen LogP contribution in [-0.2, 0) is 11.3 Å². The maximum atomic E-state index is 8.67. The zero-order chi connectivity index (χ0) is 12.8. The van der Waals surface area contributed by atoms with Gasteiger partial charge in [0, 0.05) is 35.0 Å². The summed E-state index contributed by atoms with van der Waals surface area (Å²) in [5, 5.41) is 10.7. The molecule has 0 spiro atoms. The molecule has 1 saturated heterocycles. The summed E-state index contributed by atoms with van der Waals surface area (Å²) < 4.78 is 5.51. The lowest BCUT2D eigenvalue weighted by molar-refractivity contribution is -0.0122. The molecule has 1 aliphatic heterocycles. The van der Waals surface area contributed by atoms with Gasteiger partial charge < -0.3 is 9.84 Å². The van der Waals surface area contributed by atoms with E-state index < -0.39 is 0 Å². The van der Waals surface area contributed by atoms with Crippen LogP contribution in [0.1, 0.15) is 23.8 Å². The lowest BCUT2D eigenvalue weighted by Gasteiger charge is -2.34. The van der Waals surface area contributed by atoms with Gasteiger partial charge in [-0.25, -0.2) is 0 Å². The third-order valence-electron chi connectivity index (χ3n) is 3.15. The largest absolute Gasteiger partial charge is 0.384 e. The molecule has 0 aromatic carbocycles. The minimum absolute atomic E-state index is 0.0768. The molecule has 1 N–H and O–H groups in total. The van der Waals surface area contributed by atoms with E-state index in [9.17, 15) is 0 Å². The molecular weight excluding hydrogens is 246 g/mol. The molecule has 1 atom stereocenters. The lowest BCUT2D eigenvalue weighted by Crippen LogP contribution is -2.44. The first-order valence-electron chi connectivity index (χ1n) is 6.32. The minimum atomic E-state index is -0.0768. The van der Waals surface area contributed by atoms with Crippen LogP contribution in [0, 0.1) is 11.8 Å². The highest BCUT2D eigenvalue weighted by molar-refractivity contribution is 7.10. The smallest absolute Gasteiger partial charge is 0.104 e. The van der Waals surface area contributed by atoms with Gasteiger partial charge in [-0.15, -0.1) is 11.3 Å². The summed E-state index contributed by atoms with van der Waals surface area (Å²) in [5.41, 5.74) is 1.00. The molecule has 0 saturated carbocycles. The Morgan fingerprint density at radius 3 is 3.28 bits per heavy atom. The molecule has 3 nitrogen and oxygen atoms in total. The fourth-order valence-corrected chi connectivity index (χ4v) is 2.98. The van der Waals surface area contributed by atoms with Crippen molar-refractivity contribution in [1.82, 2.24) is 4.90 Å². The van der Waals surface area contributed by atoms with Crippen LogP contribution in [0.25, 0.3) is 0 Å². The van der Waals surface area contributed by atoms with E-state index in [0.717, 1.165) is 38.3 Å². The molecule has 1 aliphatic rings. The summed E-state index contributed by atoms with van der Waals surface area (Å²) in [6.07, 6.45) is 1.13. The highest BCUT2D eigenvalue weighted by atomic mass is 32.1. The monoisotopic (exact) mass is 265 g/mol. The van der Waals surface area contributed by atoms with E-state index in [1.165, 1.54) is 4.88 Å². The van der Waals surface area contributed by atoms with Crippen molar-refractivity contribution < 1.29 is 9.84 Å². The lowest BCUT2D eigenvalue weighted by atomic mass is 10.1. The van der Waals surface area contributed by atoms with Gasteiger partial charge in [0.25, 0.3) is 0 Å². The summed E-state index contributed by atoms with van der Waals surface area (Å²) in [6.45, 7) is 5.80. The first kappa shape index (κ1) is 13.6. The fraction of sp³-hybridized carbons (Fsp3) is 0.571. The molecule has 1 fully saturated rings. The van der Waals surface area contributed by atoms with Crippen molar-refractivity contribution in [2.45, 2.75) is 25.9 Å². The van der Waals surface area contributed by atoms with E-state index >= 15 is 0 Å². The average Bonchev–Trinajstić information content (AvgIpc) is 2.84. The quantitative estimate of drug-likeness (QED) is 0.844. The number of hydrogen-bond donors (Lipinski definition) is 1. The van der Waals surface area contributed by atoms with Crippen molar-refractivity contribution in [2.75, 3.05) is 26.4 Å². The average molecular weight is 265 g/mol. The Labute approximate surface area is 112 Å². The maximum Gasteiger partial charge on any atom is 0.104 e. The molecule has 1 aromatic rings. The first-order valence-corrected chi connectivity index (χ1v) is 7.20. The molecule has 2 rings (SSSR count). The van der Waals surface area contributed by atoms with Gasteiger partial charge in [0.1, 0.15) is 6.61 Å². The van der Waals surface area contributed by atoms with Gasteiger partial charge in [0.15, 0.2) is 0 Å². The number of ether oxygens (including phenoxy) is 1. The van der Waals surface area contributed by atoms with Gasteiger partial charge in [0.05, 0.1) is 13.2 Å². The number of hydrogen-bond acceptors (Lipinski definition) is 4. The Balaban J connectivity index is 1.97. The van der Waals surface area contributed by atoms with Crippen LogP contribution in [-0.4, -0.2) is 42.4 Å². The van der Waals surface area contributed by atoms with E-state index in [4.69, 9.17) is 9.84 Å². The van der Waals surface area contributed by atoms with Crippen LogP contribution in [0.3, 0.4) is 0 Å². The second-order valence-corrected chi connectivity index (χ2v) is 5.36. The number of thiophene rings is 1. The Morgan fingerprint density at radius 1 is 1.61 bits per heavy atom. The van der Waals surface area contributed by atoms with Crippen LogP contribution in [0.4, 0.5) is 0 Å². The molecule has 0 aliphatic carbocycles. The minimum Gasteiger partial charge on any atom is -0.384 e. The van der Waals surface area contributed by atoms with Gasteiger partial charge in [-0.2, -0.15) is 0 Å². The number of nitrogens with zero attached hydrogens (tertiary/aromatic N) is 1. The normalized spacial score (nSPS) is 20.4. The van der Waals surface area contributed by atoms with E-state index in [1.54, 1.807) is 11.3 Å². The van der Waals surface area contributed by atoms with Gasteiger partial charge in [-0.3, -0.25) is 4.90 Å². The molecule has 0 radical (unpaired) electrons. The summed E-state index contributed by atoms with van der Waals surface area (Å²) in [4.78, 5) is 3.82. The topological polar surface area (TPSA) is 32.7 Å². The highest BCUT2D eigenvalue weighted by Gasteiger charge is 2.21. The summed E-state index contributed by atoms with van der Waals surface area (Å²) in [7, 11) is 0. The van der Waals surface area contributed by atoms with Crippen molar-refractivity contribution in [3.63, 3.8) is 0 Å². The number of aliphatic hydroxyl groups is 1. The summed E-state index contributed by atoms with van der Waals surface area (Å²) in [5.74, 6) is 5.62. The predicted octanol–water partition coefficient (Wildman–Crippen LogP) is 1.70. The SMILES string of the molecule is CCC1COCCN1Cc1cc(C#CCO)cs1. The van der Waals surface area contributed by atoms with E-state index in [1.807, 2.05) is 0 Å². The van der Waals surface area contributed by atoms with Crippen LogP contribution in [0.5, 0.6) is 0 Å². The second kappa shape index (κ2) is 6.91. The highest BCUT2D eigenvalue weighted by Crippen LogP contribution is 2.20. The molecule has 4 heteroatoms. The molecule has 0 amide bonds. The van der Waals surface area contributed by atoms with E-state index in [2.05, 4.69) is 35.1 Å². The Bertz CT molecular complexity index is 432. The van der Waals surface area contributed by atoms with Crippen molar-refractivity contribution >= 4 is 11.3 Å². The Kier molecular flexibility index (Phi) is 5.21. The second-order valence-electron chi connectivity index (χ2n) is 4.37. The molecular formula is C14H19NO2S. The zero-order valence-corrected chi connectivity index (χ0v) is 11.5. The molecule has 1 unspecified atom stereocenters. The summed E-state index contributed by atoms with van der Waals surface area (Å²) in [6, 6.07) is 2.66. The number of rotatable bonds is 3. The van der Waals surface area contributed by atoms with Crippen LogP contribution in [0.2, 0.25) is 0 Å². The molecule has 98 valence electrons. The standard InChI is InChI=1S/C14H19NO2S/c1-2-13-10-17-7-5-15(13)9-14-8-12(11-18-14)4-3-6-16/h8,11,13,16H,2,5-7,9-10H2,1H3. The Morgan fingerprint density at radius 2 is 2.50 bits per heavy atom. The van der Waals surface area contributed by atoms with Crippen LogP contribution >= 0.6 is 11.3 Å². The van der Waals surface area contributed by atoms with Gasteiger partial charge in [-0.05, 0) is 12.5 Å². The van der Waals surface area contributed by atoms with Crippen molar-refractivity contribution in [1.29, 1.82) is 0 Å². The van der Waals surface area contributed by atoms with Crippen LogP contribution < -0.4 is 0 Å². The fourth-order valence-electron chi connectivity index (χ4n) is 2.14. The first-order chi connectivity index (χ1) is 8.83. The molecule has 2 heterocycles.